The molecule has 1 rings (SSSR count). The normalized spacial score (nSPS) is 12.5. The summed E-state index contributed by atoms with van der Waals surface area (Å²) >= 11 is 6.72. The quantitative estimate of drug-likeness (QED) is 0.924. The molecule has 0 saturated carbocycles. The van der Waals surface area contributed by atoms with Crippen LogP contribution in [0.1, 0.15) is 25.6 Å². The molecule has 1 heterocycles. The van der Waals surface area contributed by atoms with Gasteiger partial charge in [0.15, 0.2) is 0 Å². The lowest BCUT2D eigenvalue weighted by atomic mass is 10.2. The summed E-state index contributed by atoms with van der Waals surface area (Å²) in [6.07, 6.45) is 1.69. The molecule has 80 valence electrons. The van der Waals surface area contributed by atoms with Crippen molar-refractivity contribution >= 4 is 31.9 Å². The first-order chi connectivity index (χ1) is 7.04. The van der Waals surface area contributed by atoms with Gasteiger partial charge < -0.3 is 0 Å². The third kappa shape index (κ3) is 3.56. The number of rotatable bonds is 3. The van der Waals surface area contributed by atoms with E-state index in [0.29, 0.717) is 0 Å². The molecule has 1 aromatic rings. The molecule has 1 atom stereocenters. The van der Waals surface area contributed by atoms with Crippen molar-refractivity contribution in [3.8, 4) is 6.07 Å². The largest absolute Gasteiger partial charge is 0.295 e. The molecule has 0 aliphatic rings. The van der Waals surface area contributed by atoms with Crippen LogP contribution in [0.4, 0.5) is 0 Å². The van der Waals surface area contributed by atoms with E-state index in [1.165, 1.54) is 0 Å². The Morgan fingerprint density at radius 1 is 1.47 bits per heavy atom. The summed E-state index contributed by atoms with van der Waals surface area (Å²) < 4.78 is 1.72. The van der Waals surface area contributed by atoms with Crippen molar-refractivity contribution in [2.75, 3.05) is 0 Å². The van der Waals surface area contributed by atoms with Crippen LogP contribution in [0.2, 0.25) is 0 Å². The summed E-state index contributed by atoms with van der Waals surface area (Å²) in [5, 5.41) is 12.2. The molecule has 1 N–H and O–H groups in total. The van der Waals surface area contributed by atoms with Crippen molar-refractivity contribution in [3.05, 3.63) is 26.9 Å². The smallest absolute Gasteiger partial charge is 0.139 e. The summed E-state index contributed by atoms with van der Waals surface area (Å²) in [6.45, 7) is 3.99. The van der Waals surface area contributed by atoms with Crippen LogP contribution in [0.3, 0.4) is 0 Å². The van der Waals surface area contributed by atoms with Gasteiger partial charge in [0.1, 0.15) is 6.04 Å². The number of pyridine rings is 1. The molecule has 15 heavy (non-hydrogen) atoms. The van der Waals surface area contributed by atoms with Crippen LogP contribution >= 0.6 is 31.9 Å². The molecule has 3 nitrogen and oxygen atoms in total. The first-order valence-corrected chi connectivity index (χ1v) is 6.09. The van der Waals surface area contributed by atoms with Crippen molar-refractivity contribution in [2.24, 2.45) is 0 Å². The van der Waals surface area contributed by atoms with Crippen molar-refractivity contribution in [1.82, 2.24) is 10.3 Å². The second kappa shape index (κ2) is 5.59. The van der Waals surface area contributed by atoms with E-state index in [1.807, 2.05) is 19.9 Å². The van der Waals surface area contributed by atoms with E-state index in [-0.39, 0.29) is 12.1 Å². The summed E-state index contributed by atoms with van der Waals surface area (Å²) in [4.78, 5) is 4.22. The second-order valence-electron chi connectivity index (χ2n) is 3.40. The Bertz CT molecular complexity index is 385. The van der Waals surface area contributed by atoms with Crippen LogP contribution in [-0.2, 0) is 0 Å². The third-order valence-electron chi connectivity index (χ3n) is 1.74. The Hall–Kier alpha value is -0.440. The fraction of sp³-hybridized carbons (Fsp3) is 0.400. The molecule has 0 saturated heterocycles. The molecule has 0 amide bonds. The van der Waals surface area contributed by atoms with E-state index in [0.717, 1.165) is 14.6 Å². The van der Waals surface area contributed by atoms with Gasteiger partial charge in [0.2, 0.25) is 0 Å². The molecule has 0 aliphatic heterocycles. The van der Waals surface area contributed by atoms with Crippen LogP contribution in [0.25, 0.3) is 0 Å². The number of nitrogens with zero attached hydrogens (tertiary/aromatic N) is 2. The van der Waals surface area contributed by atoms with E-state index in [4.69, 9.17) is 5.26 Å². The van der Waals surface area contributed by atoms with Crippen molar-refractivity contribution in [3.63, 3.8) is 0 Å². The first kappa shape index (κ1) is 12.6. The van der Waals surface area contributed by atoms with Crippen LogP contribution in [0, 0.1) is 11.3 Å². The van der Waals surface area contributed by atoms with E-state index in [9.17, 15) is 0 Å². The average molecular weight is 333 g/mol. The second-order valence-corrected chi connectivity index (χ2v) is 5.17. The molecule has 0 radical (unpaired) electrons. The Morgan fingerprint density at radius 2 is 2.13 bits per heavy atom. The maximum Gasteiger partial charge on any atom is 0.139 e. The lowest BCUT2D eigenvalue weighted by Crippen LogP contribution is -2.28. The SMILES string of the molecule is CC(C)NC(C#N)c1ncc(Br)cc1Br. The molecule has 0 fully saturated rings. The van der Waals surface area contributed by atoms with Crippen LogP contribution in [0.15, 0.2) is 21.2 Å². The highest BCUT2D eigenvalue weighted by molar-refractivity contribution is 9.11. The Labute approximate surface area is 106 Å². The molecule has 0 spiro atoms. The fourth-order valence-corrected chi connectivity index (χ4v) is 2.36. The van der Waals surface area contributed by atoms with Gasteiger partial charge in [0, 0.05) is 21.2 Å². The Morgan fingerprint density at radius 3 is 2.60 bits per heavy atom. The van der Waals surface area contributed by atoms with Gasteiger partial charge in [-0.05, 0) is 51.8 Å². The van der Waals surface area contributed by atoms with Gasteiger partial charge in [-0.1, -0.05) is 0 Å². The molecular formula is C10H11Br2N3. The number of nitriles is 1. The summed E-state index contributed by atoms with van der Waals surface area (Å²) in [5.41, 5.74) is 0.717. The van der Waals surface area contributed by atoms with Crippen molar-refractivity contribution in [1.29, 1.82) is 5.26 Å². The minimum atomic E-state index is -0.382. The third-order valence-corrected chi connectivity index (χ3v) is 2.81. The highest BCUT2D eigenvalue weighted by atomic mass is 79.9. The molecule has 0 bridgehead atoms. The maximum absolute atomic E-state index is 9.04. The van der Waals surface area contributed by atoms with Gasteiger partial charge in [-0.25, -0.2) is 0 Å². The topological polar surface area (TPSA) is 48.7 Å². The number of hydrogen-bond donors (Lipinski definition) is 1. The minimum Gasteiger partial charge on any atom is -0.295 e. The molecule has 5 heteroatoms. The lowest BCUT2D eigenvalue weighted by Gasteiger charge is -2.15. The van der Waals surface area contributed by atoms with E-state index < -0.39 is 0 Å². The molecular weight excluding hydrogens is 322 g/mol. The van der Waals surface area contributed by atoms with E-state index in [1.54, 1.807) is 6.20 Å². The number of aromatic nitrogens is 1. The highest BCUT2D eigenvalue weighted by Gasteiger charge is 2.16. The molecule has 1 unspecified atom stereocenters. The molecule has 1 aromatic heterocycles. The van der Waals surface area contributed by atoms with Crippen LogP contribution in [-0.4, -0.2) is 11.0 Å². The van der Waals surface area contributed by atoms with Gasteiger partial charge in [-0.2, -0.15) is 5.26 Å². The monoisotopic (exact) mass is 331 g/mol. The van der Waals surface area contributed by atoms with Crippen LogP contribution in [0.5, 0.6) is 0 Å². The summed E-state index contributed by atoms with van der Waals surface area (Å²) in [7, 11) is 0. The zero-order valence-corrected chi connectivity index (χ0v) is 11.6. The van der Waals surface area contributed by atoms with Gasteiger partial charge in [-0.15, -0.1) is 0 Å². The zero-order valence-electron chi connectivity index (χ0n) is 8.46. The number of hydrogen-bond acceptors (Lipinski definition) is 3. The van der Waals surface area contributed by atoms with Gasteiger partial charge in [0.05, 0.1) is 11.8 Å². The standard InChI is InChI=1S/C10H11Br2N3/c1-6(2)15-9(4-13)10-8(12)3-7(11)5-14-10/h3,5-6,9,15H,1-2H3. The van der Waals surface area contributed by atoms with Gasteiger partial charge >= 0.3 is 0 Å². The predicted octanol–water partition coefficient (Wildman–Crippen LogP) is 3.17. The number of nitrogens with one attached hydrogen (secondary N) is 1. The molecule has 0 aromatic carbocycles. The Balaban J connectivity index is 2.98. The first-order valence-electron chi connectivity index (χ1n) is 4.51. The predicted molar refractivity (Wildman–Crippen MR) is 66.3 cm³/mol. The van der Waals surface area contributed by atoms with Crippen molar-refractivity contribution in [2.45, 2.75) is 25.9 Å². The van der Waals surface area contributed by atoms with Crippen LogP contribution < -0.4 is 5.32 Å². The van der Waals surface area contributed by atoms with Gasteiger partial charge in [0.25, 0.3) is 0 Å². The maximum atomic E-state index is 9.04. The van der Waals surface area contributed by atoms with E-state index in [2.05, 4.69) is 48.2 Å². The number of halogens is 2. The average Bonchev–Trinajstić information content (AvgIpc) is 2.14. The lowest BCUT2D eigenvalue weighted by molar-refractivity contribution is 0.536. The zero-order chi connectivity index (χ0) is 11.4. The highest BCUT2D eigenvalue weighted by Crippen LogP contribution is 2.24. The Kier molecular flexibility index (Phi) is 4.71. The minimum absolute atomic E-state index is 0.243. The molecule has 0 aliphatic carbocycles. The van der Waals surface area contributed by atoms with Crippen molar-refractivity contribution < 1.29 is 0 Å². The van der Waals surface area contributed by atoms with E-state index >= 15 is 0 Å². The summed E-state index contributed by atoms with van der Waals surface area (Å²) in [6, 6.07) is 3.94. The fourth-order valence-electron chi connectivity index (χ4n) is 1.15. The van der Waals surface area contributed by atoms with Gasteiger partial charge in [-0.3, -0.25) is 10.3 Å². The summed E-state index contributed by atoms with van der Waals surface area (Å²) in [5.74, 6) is 0.